The molecule has 0 radical (unpaired) electrons. The van der Waals surface area contributed by atoms with Crippen molar-refractivity contribution in [3.63, 3.8) is 0 Å². The number of benzene rings is 1. The highest BCUT2D eigenvalue weighted by Crippen LogP contribution is 2.39. The third-order valence-corrected chi connectivity index (χ3v) is 3.60. The molecule has 0 fully saturated rings. The lowest BCUT2D eigenvalue weighted by Crippen LogP contribution is -2.30. The quantitative estimate of drug-likeness (QED) is 0.578. The van der Waals surface area contributed by atoms with E-state index in [2.05, 4.69) is 10.3 Å². The lowest BCUT2D eigenvalue weighted by atomic mass is 9.80. The first-order valence-corrected chi connectivity index (χ1v) is 6.69. The second-order valence-electron chi connectivity index (χ2n) is 5.04. The second-order valence-corrected chi connectivity index (χ2v) is 5.04. The van der Waals surface area contributed by atoms with Crippen LogP contribution in [0.2, 0.25) is 0 Å². The van der Waals surface area contributed by atoms with Crippen LogP contribution in [-0.4, -0.2) is 28.2 Å². The van der Waals surface area contributed by atoms with Gasteiger partial charge in [0.25, 0.3) is 0 Å². The third-order valence-electron chi connectivity index (χ3n) is 3.60. The molecule has 2 rings (SSSR count). The number of carbonyl (C=O) groups is 2. The molecule has 0 unspecified atom stereocenters. The molecule has 0 spiro atoms. The van der Waals surface area contributed by atoms with Crippen molar-refractivity contribution < 1.29 is 24.6 Å². The van der Waals surface area contributed by atoms with Crippen molar-refractivity contribution in [1.82, 2.24) is 5.32 Å². The summed E-state index contributed by atoms with van der Waals surface area (Å²) >= 11 is 0. The summed E-state index contributed by atoms with van der Waals surface area (Å²) in [7, 11) is 0. The summed E-state index contributed by atoms with van der Waals surface area (Å²) in [5.74, 6) is -3.39. The highest BCUT2D eigenvalue weighted by Gasteiger charge is 2.36. The fourth-order valence-electron chi connectivity index (χ4n) is 2.72. The van der Waals surface area contributed by atoms with Gasteiger partial charge in [0.2, 0.25) is 6.08 Å². The zero-order valence-corrected chi connectivity index (χ0v) is 12.5. The van der Waals surface area contributed by atoms with Gasteiger partial charge in [-0.2, -0.15) is 4.99 Å². The largest absolute Gasteiger partial charge is 0.478 e. The van der Waals surface area contributed by atoms with Crippen LogP contribution >= 0.6 is 0 Å². The minimum absolute atomic E-state index is 0.0553. The van der Waals surface area contributed by atoms with Gasteiger partial charge in [0, 0.05) is 11.4 Å². The Bertz CT molecular complexity index is 764. The Hall–Kier alpha value is -3.18. The van der Waals surface area contributed by atoms with Gasteiger partial charge in [-0.3, -0.25) is 0 Å². The van der Waals surface area contributed by atoms with Crippen molar-refractivity contribution in [2.45, 2.75) is 19.8 Å². The van der Waals surface area contributed by atoms with Gasteiger partial charge >= 0.3 is 11.9 Å². The van der Waals surface area contributed by atoms with E-state index in [4.69, 9.17) is 0 Å². The smallest absolute Gasteiger partial charge is 0.334 e. The van der Waals surface area contributed by atoms with E-state index in [0.717, 1.165) is 0 Å². The molecule has 3 N–H and O–H groups in total. The van der Waals surface area contributed by atoms with E-state index in [-0.39, 0.29) is 16.8 Å². The van der Waals surface area contributed by atoms with Gasteiger partial charge < -0.3 is 15.5 Å². The van der Waals surface area contributed by atoms with Crippen LogP contribution in [0.4, 0.5) is 5.69 Å². The van der Waals surface area contributed by atoms with E-state index in [9.17, 15) is 24.6 Å². The molecule has 7 heteroatoms. The summed E-state index contributed by atoms with van der Waals surface area (Å²) < 4.78 is 0. The number of aliphatic carboxylic acids is 2. The summed E-state index contributed by atoms with van der Waals surface area (Å²) in [4.78, 5) is 37.2. The van der Waals surface area contributed by atoms with Gasteiger partial charge in [-0.15, -0.1) is 0 Å². The number of hydrogen-bond acceptors (Lipinski definition) is 5. The Morgan fingerprint density at radius 3 is 2.17 bits per heavy atom. The topological polar surface area (TPSA) is 116 Å². The molecule has 0 aliphatic carbocycles. The van der Waals surface area contributed by atoms with Gasteiger partial charge in [0.1, 0.15) is 0 Å². The Morgan fingerprint density at radius 2 is 1.70 bits per heavy atom. The van der Waals surface area contributed by atoms with Crippen molar-refractivity contribution in [2.75, 3.05) is 0 Å². The molecular formula is C16H14N2O5. The molecule has 0 saturated carbocycles. The molecule has 1 aromatic carbocycles. The number of rotatable bonds is 4. The predicted molar refractivity (Wildman–Crippen MR) is 80.8 cm³/mol. The highest BCUT2D eigenvalue weighted by molar-refractivity contribution is 5.98. The number of nitrogens with zero attached hydrogens (tertiary/aromatic N) is 1. The number of carboxylic acid groups (broad SMARTS) is 2. The van der Waals surface area contributed by atoms with Crippen LogP contribution in [0.15, 0.2) is 51.8 Å². The number of hydrogen-bond donors (Lipinski definition) is 3. The maximum Gasteiger partial charge on any atom is 0.334 e. The Morgan fingerprint density at radius 1 is 1.13 bits per heavy atom. The molecule has 0 bridgehead atoms. The molecule has 0 saturated heterocycles. The summed E-state index contributed by atoms with van der Waals surface area (Å²) in [5, 5.41) is 21.8. The molecule has 1 heterocycles. The minimum atomic E-state index is -1.21. The number of aliphatic imine (C=N–C) groups is 1. The first-order valence-electron chi connectivity index (χ1n) is 6.69. The van der Waals surface area contributed by atoms with Gasteiger partial charge in [0.05, 0.1) is 22.8 Å². The molecule has 1 aromatic rings. The standard InChI is InChI=1S/C16H14N2O5/c1-8-12(15(20)21)14(13(16(22)23)9(2)18-8)10-4-3-5-11(6-10)17-7-19/h3-6,14,18H,1-2H3,(H,20,21)(H,22,23). The van der Waals surface area contributed by atoms with Crippen molar-refractivity contribution >= 4 is 23.7 Å². The number of carbonyl (C=O) groups excluding carboxylic acids is 1. The van der Waals surface area contributed by atoms with E-state index >= 15 is 0 Å². The molecular weight excluding hydrogens is 300 g/mol. The van der Waals surface area contributed by atoms with E-state index in [0.29, 0.717) is 17.0 Å². The van der Waals surface area contributed by atoms with Gasteiger partial charge in [0.15, 0.2) is 0 Å². The summed E-state index contributed by atoms with van der Waals surface area (Å²) in [5.41, 5.74) is 1.33. The average Bonchev–Trinajstić information content (AvgIpc) is 2.46. The van der Waals surface area contributed by atoms with Crippen LogP contribution in [0.5, 0.6) is 0 Å². The maximum absolute atomic E-state index is 11.6. The predicted octanol–water partition coefficient (Wildman–Crippen LogP) is 2.06. The van der Waals surface area contributed by atoms with E-state index < -0.39 is 17.9 Å². The average molecular weight is 314 g/mol. The Labute approximate surface area is 131 Å². The molecule has 23 heavy (non-hydrogen) atoms. The fourth-order valence-corrected chi connectivity index (χ4v) is 2.72. The molecule has 7 nitrogen and oxygen atoms in total. The van der Waals surface area contributed by atoms with Crippen molar-refractivity contribution in [3.05, 3.63) is 52.4 Å². The van der Waals surface area contributed by atoms with Crippen molar-refractivity contribution in [3.8, 4) is 0 Å². The number of isocyanates is 1. The van der Waals surface area contributed by atoms with Crippen LogP contribution in [0.1, 0.15) is 25.3 Å². The first-order chi connectivity index (χ1) is 10.9. The van der Waals surface area contributed by atoms with Gasteiger partial charge in [-0.25, -0.2) is 14.4 Å². The SMILES string of the molecule is CC1=C(C(=O)O)C(c2cccc(N=C=O)c2)C(C(=O)O)=C(C)N1. The van der Waals surface area contributed by atoms with E-state index in [1.165, 1.54) is 12.1 Å². The maximum atomic E-state index is 11.6. The van der Waals surface area contributed by atoms with Crippen molar-refractivity contribution in [1.29, 1.82) is 0 Å². The molecule has 118 valence electrons. The van der Waals surface area contributed by atoms with Crippen LogP contribution in [0.25, 0.3) is 0 Å². The van der Waals surface area contributed by atoms with Gasteiger partial charge in [-0.05, 0) is 31.5 Å². The molecule has 1 aliphatic rings. The molecule has 1 aliphatic heterocycles. The summed E-state index contributed by atoms with van der Waals surface area (Å²) in [6.07, 6.45) is 1.41. The highest BCUT2D eigenvalue weighted by atomic mass is 16.4. The van der Waals surface area contributed by atoms with Gasteiger partial charge in [-0.1, -0.05) is 12.1 Å². The van der Waals surface area contributed by atoms with Crippen LogP contribution in [0.3, 0.4) is 0 Å². The summed E-state index contributed by atoms with van der Waals surface area (Å²) in [6, 6.07) is 6.21. The molecule has 0 atom stereocenters. The van der Waals surface area contributed by atoms with Crippen LogP contribution in [0, 0.1) is 0 Å². The molecule has 0 amide bonds. The van der Waals surface area contributed by atoms with Crippen molar-refractivity contribution in [2.24, 2.45) is 4.99 Å². The zero-order chi connectivity index (χ0) is 17.1. The lowest BCUT2D eigenvalue weighted by Gasteiger charge is -2.28. The third kappa shape index (κ3) is 3.04. The number of allylic oxidation sites excluding steroid dienone is 2. The number of nitrogens with one attached hydrogen (secondary N) is 1. The number of carboxylic acids is 2. The molecule has 0 aromatic heterocycles. The normalized spacial score (nSPS) is 15.0. The van der Waals surface area contributed by atoms with Crippen LogP contribution < -0.4 is 5.32 Å². The Balaban J connectivity index is 2.71. The number of dihydropyridines is 1. The van der Waals surface area contributed by atoms with E-state index in [1.807, 2.05) is 0 Å². The minimum Gasteiger partial charge on any atom is -0.478 e. The first kappa shape index (κ1) is 16.2. The second kappa shape index (κ2) is 6.29. The van der Waals surface area contributed by atoms with Crippen LogP contribution in [-0.2, 0) is 14.4 Å². The fraction of sp³-hybridized carbons (Fsp3) is 0.188. The lowest BCUT2D eigenvalue weighted by molar-refractivity contribution is -0.133. The monoisotopic (exact) mass is 314 g/mol. The Kier molecular flexibility index (Phi) is 4.43. The summed E-state index contributed by atoms with van der Waals surface area (Å²) in [6.45, 7) is 3.15. The van der Waals surface area contributed by atoms with E-state index in [1.54, 1.807) is 32.0 Å². The zero-order valence-electron chi connectivity index (χ0n) is 12.5.